The van der Waals surface area contributed by atoms with Gasteiger partial charge in [-0.15, -0.1) is 0 Å². The molecule has 0 aliphatic carbocycles. The van der Waals surface area contributed by atoms with Crippen LogP contribution in [0.25, 0.3) is 22.6 Å². The third kappa shape index (κ3) is 3.69. The molecule has 4 aromatic rings. The number of nitro groups is 1. The van der Waals surface area contributed by atoms with Crippen LogP contribution in [-0.4, -0.2) is 36.9 Å². The number of fused-ring (bicyclic) bond motifs is 1. The fourth-order valence-electron chi connectivity index (χ4n) is 2.81. The minimum Gasteiger partial charge on any atom is -0.379 e. The number of nitrogens with two attached hydrogens (primary N) is 1. The second kappa shape index (κ2) is 7.79. The van der Waals surface area contributed by atoms with Gasteiger partial charge in [0.05, 0.1) is 22.2 Å². The summed E-state index contributed by atoms with van der Waals surface area (Å²) in [7, 11) is 0. The third-order valence-corrected chi connectivity index (χ3v) is 4.19. The number of imidazole rings is 1. The normalized spacial score (nSPS) is 11.2. The molecule has 0 unspecified atom stereocenters. The van der Waals surface area contributed by atoms with Crippen LogP contribution in [-0.2, 0) is 11.3 Å². The van der Waals surface area contributed by atoms with Crippen LogP contribution < -0.4 is 11.2 Å². The maximum absolute atomic E-state index is 12.4. The van der Waals surface area contributed by atoms with Gasteiger partial charge in [0.25, 0.3) is 11.6 Å². The zero-order chi connectivity index (χ0) is 21.1. The lowest BCUT2D eigenvalue weighted by Crippen LogP contribution is -2.23. The summed E-state index contributed by atoms with van der Waals surface area (Å²) in [4.78, 5) is 27.1. The van der Waals surface area contributed by atoms with Crippen LogP contribution in [0, 0.1) is 10.1 Å². The highest BCUT2D eigenvalue weighted by atomic mass is 16.6. The number of amides is 1. The number of hydrogen-bond donors (Lipinski definition) is 2. The number of rotatable bonds is 6. The van der Waals surface area contributed by atoms with Gasteiger partial charge in [0, 0.05) is 12.1 Å². The van der Waals surface area contributed by atoms with Crippen molar-refractivity contribution in [1.82, 2.24) is 25.3 Å². The molecule has 150 valence electrons. The molecular weight excluding hydrogens is 392 g/mol. The van der Waals surface area contributed by atoms with E-state index in [1.165, 1.54) is 30.5 Å². The lowest BCUT2D eigenvalue weighted by Gasteiger charge is -2.06. The van der Waals surface area contributed by atoms with E-state index in [1.807, 2.05) is 18.2 Å². The fourth-order valence-corrected chi connectivity index (χ4v) is 2.81. The molecule has 1 amide bonds. The number of carbonyl (C=O) groups is 1. The smallest absolute Gasteiger partial charge is 0.269 e. The standard InChI is InChI=1S/C18H14N8O4/c19-17-16(23-30-24-17)18-21-13-3-1-2-4-14(13)25(18)10-15(27)22-20-9-11-5-7-12(8-6-11)26(28)29/h1-9H,10H2,(H2,19,24)(H,22,27)/b20-9-. The van der Waals surface area contributed by atoms with Gasteiger partial charge in [-0.3, -0.25) is 14.9 Å². The van der Waals surface area contributed by atoms with Crippen LogP contribution in [0.3, 0.4) is 0 Å². The maximum Gasteiger partial charge on any atom is 0.269 e. The van der Waals surface area contributed by atoms with Crippen molar-refractivity contribution in [3.8, 4) is 11.5 Å². The van der Waals surface area contributed by atoms with Crippen LogP contribution in [0.5, 0.6) is 0 Å². The number of aromatic nitrogens is 4. The molecule has 4 rings (SSSR count). The molecule has 0 radical (unpaired) electrons. The SMILES string of the molecule is Nc1nonc1-c1nc2ccccc2n1CC(=O)N/N=C\c1ccc([N+](=O)[O-])cc1. The highest BCUT2D eigenvalue weighted by molar-refractivity contribution is 5.86. The summed E-state index contributed by atoms with van der Waals surface area (Å²) in [6.07, 6.45) is 1.38. The Hall–Kier alpha value is -4.61. The molecule has 2 aromatic carbocycles. The van der Waals surface area contributed by atoms with Crippen LogP contribution in [0.2, 0.25) is 0 Å². The van der Waals surface area contributed by atoms with Crippen molar-refractivity contribution in [2.45, 2.75) is 6.54 Å². The molecule has 2 heterocycles. The fraction of sp³-hybridized carbons (Fsp3) is 0.0556. The van der Waals surface area contributed by atoms with Crippen LogP contribution >= 0.6 is 0 Å². The molecular formula is C18H14N8O4. The monoisotopic (exact) mass is 406 g/mol. The number of anilines is 1. The second-order valence-electron chi connectivity index (χ2n) is 6.15. The molecule has 12 heteroatoms. The number of nitrogen functional groups attached to an aromatic ring is 1. The summed E-state index contributed by atoms with van der Waals surface area (Å²) in [5.41, 5.74) is 10.3. The van der Waals surface area contributed by atoms with E-state index in [9.17, 15) is 14.9 Å². The van der Waals surface area contributed by atoms with Crippen molar-refractivity contribution >= 4 is 34.7 Å². The minimum atomic E-state index is -0.493. The Bertz CT molecular complexity index is 1260. The van der Waals surface area contributed by atoms with Crippen molar-refractivity contribution in [2.24, 2.45) is 5.10 Å². The first kappa shape index (κ1) is 18.7. The quantitative estimate of drug-likeness (QED) is 0.277. The van der Waals surface area contributed by atoms with Crippen LogP contribution in [0.4, 0.5) is 11.5 Å². The summed E-state index contributed by atoms with van der Waals surface area (Å²) < 4.78 is 6.28. The third-order valence-electron chi connectivity index (χ3n) is 4.19. The number of nitrogens with one attached hydrogen (secondary N) is 1. The first-order chi connectivity index (χ1) is 14.5. The van der Waals surface area contributed by atoms with Crippen molar-refractivity contribution in [3.63, 3.8) is 0 Å². The van der Waals surface area contributed by atoms with Crippen LogP contribution in [0.15, 0.2) is 58.3 Å². The lowest BCUT2D eigenvalue weighted by atomic mass is 10.2. The van der Waals surface area contributed by atoms with Gasteiger partial charge in [0.15, 0.2) is 17.3 Å². The minimum absolute atomic E-state index is 0.0303. The average Bonchev–Trinajstić information content (AvgIpc) is 3.32. The number of non-ortho nitro benzene ring substituents is 1. The number of nitro benzene ring substituents is 1. The van der Waals surface area contributed by atoms with Gasteiger partial charge in [0.2, 0.25) is 0 Å². The molecule has 0 saturated carbocycles. The lowest BCUT2D eigenvalue weighted by molar-refractivity contribution is -0.384. The summed E-state index contributed by atoms with van der Waals surface area (Å²) in [6, 6.07) is 13.0. The van der Waals surface area contributed by atoms with E-state index in [0.717, 1.165) is 0 Å². The van der Waals surface area contributed by atoms with Crippen molar-refractivity contribution in [1.29, 1.82) is 0 Å². The van der Waals surface area contributed by atoms with Gasteiger partial charge < -0.3 is 10.3 Å². The highest BCUT2D eigenvalue weighted by Gasteiger charge is 2.20. The van der Waals surface area contributed by atoms with E-state index >= 15 is 0 Å². The number of para-hydroxylation sites is 2. The molecule has 0 bridgehead atoms. The molecule has 0 spiro atoms. The number of hydrazone groups is 1. The van der Waals surface area contributed by atoms with E-state index in [1.54, 1.807) is 10.6 Å². The Balaban J connectivity index is 1.53. The summed E-state index contributed by atoms with van der Waals surface area (Å²) in [5.74, 6) is -0.0276. The first-order valence-electron chi connectivity index (χ1n) is 8.63. The molecule has 12 nitrogen and oxygen atoms in total. The number of hydrogen-bond acceptors (Lipinski definition) is 9. The molecule has 0 atom stereocenters. The van der Waals surface area contributed by atoms with E-state index in [4.69, 9.17) is 5.73 Å². The zero-order valence-corrected chi connectivity index (χ0v) is 15.3. The molecule has 0 aliphatic rings. The Kier molecular flexibility index (Phi) is 4.87. The predicted octanol–water partition coefficient (Wildman–Crippen LogP) is 1.73. The number of carbonyl (C=O) groups excluding carboxylic acids is 1. The van der Waals surface area contributed by atoms with Crippen LogP contribution in [0.1, 0.15) is 5.56 Å². The first-order valence-corrected chi connectivity index (χ1v) is 8.63. The Morgan fingerprint density at radius 3 is 2.70 bits per heavy atom. The van der Waals surface area contributed by atoms with Gasteiger partial charge in [-0.2, -0.15) is 5.10 Å². The largest absolute Gasteiger partial charge is 0.379 e. The summed E-state index contributed by atoms with van der Waals surface area (Å²) in [6.45, 7) is -0.111. The number of nitrogens with zero attached hydrogens (tertiary/aromatic N) is 6. The molecule has 0 fully saturated rings. The molecule has 0 aliphatic heterocycles. The Morgan fingerprint density at radius 1 is 1.23 bits per heavy atom. The second-order valence-corrected chi connectivity index (χ2v) is 6.15. The Morgan fingerprint density at radius 2 is 2.00 bits per heavy atom. The van der Waals surface area contributed by atoms with Gasteiger partial charge in [-0.05, 0) is 40.1 Å². The van der Waals surface area contributed by atoms with Gasteiger partial charge in [-0.1, -0.05) is 12.1 Å². The van der Waals surface area contributed by atoms with Crippen molar-refractivity contribution in [2.75, 3.05) is 5.73 Å². The highest BCUT2D eigenvalue weighted by Crippen LogP contribution is 2.26. The maximum atomic E-state index is 12.4. The molecule has 2 aromatic heterocycles. The number of benzene rings is 2. The van der Waals surface area contributed by atoms with Crippen molar-refractivity contribution < 1.29 is 14.3 Å². The van der Waals surface area contributed by atoms with E-state index in [2.05, 4.69) is 30.5 Å². The predicted molar refractivity (Wildman–Crippen MR) is 106 cm³/mol. The molecule has 3 N–H and O–H groups in total. The van der Waals surface area contributed by atoms with Gasteiger partial charge in [-0.25, -0.2) is 15.0 Å². The summed E-state index contributed by atoms with van der Waals surface area (Å²) in [5, 5.41) is 21.9. The molecule has 0 saturated heterocycles. The summed E-state index contributed by atoms with van der Waals surface area (Å²) >= 11 is 0. The van der Waals surface area contributed by atoms with E-state index in [0.29, 0.717) is 22.4 Å². The molecule has 30 heavy (non-hydrogen) atoms. The van der Waals surface area contributed by atoms with E-state index in [-0.39, 0.29) is 23.7 Å². The van der Waals surface area contributed by atoms with Crippen molar-refractivity contribution in [3.05, 3.63) is 64.2 Å². The zero-order valence-electron chi connectivity index (χ0n) is 15.3. The van der Waals surface area contributed by atoms with E-state index < -0.39 is 10.8 Å². The van der Waals surface area contributed by atoms with Gasteiger partial charge >= 0.3 is 0 Å². The van der Waals surface area contributed by atoms with Gasteiger partial charge in [0.1, 0.15) is 6.54 Å². The topological polar surface area (TPSA) is 167 Å². The Labute approximate surface area is 168 Å². The average molecular weight is 406 g/mol.